The smallest absolute Gasteiger partial charge is 0.282 e. The number of benzene rings is 2. The first-order valence-electron chi connectivity index (χ1n) is 10.5. The van der Waals surface area contributed by atoms with E-state index < -0.39 is 10.1 Å². The average molecular weight is 391 g/mol. The average Bonchev–Trinajstić information content (AvgIpc) is 2.65. The highest BCUT2D eigenvalue weighted by Gasteiger charge is 2.14. The van der Waals surface area contributed by atoms with Gasteiger partial charge in [-0.2, -0.15) is 8.42 Å². The maximum Gasteiger partial charge on any atom is 0.295 e. The zero-order valence-corrected chi connectivity index (χ0v) is 17.4. The molecule has 0 amide bonds. The van der Waals surface area contributed by atoms with Crippen molar-refractivity contribution in [3.8, 4) is 0 Å². The van der Waals surface area contributed by atoms with Crippen molar-refractivity contribution in [1.29, 1.82) is 0 Å². The summed E-state index contributed by atoms with van der Waals surface area (Å²) in [4.78, 5) is 0.000728. The summed E-state index contributed by atoms with van der Waals surface area (Å²) < 4.78 is 32.6. The van der Waals surface area contributed by atoms with Crippen LogP contribution < -0.4 is 0 Å². The van der Waals surface area contributed by atoms with Gasteiger partial charge >= 0.3 is 0 Å². The third-order valence-electron chi connectivity index (χ3n) is 5.30. The maximum absolute atomic E-state index is 11.6. The fourth-order valence-electron chi connectivity index (χ4n) is 3.77. The summed E-state index contributed by atoms with van der Waals surface area (Å²) >= 11 is 0. The summed E-state index contributed by atoms with van der Waals surface area (Å²) in [6.45, 7) is 2.26. The molecule has 3 nitrogen and oxygen atoms in total. The molecule has 0 spiro atoms. The second kappa shape index (κ2) is 11.5. The Labute approximate surface area is 164 Å². The Morgan fingerprint density at radius 1 is 0.704 bits per heavy atom. The summed E-state index contributed by atoms with van der Waals surface area (Å²) in [6.07, 6.45) is 15.4. The van der Waals surface area contributed by atoms with Gasteiger partial charge in [0.1, 0.15) is 4.90 Å². The van der Waals surface area contributed by atoms with Gasteiger partial charge in [0.15, 0.2) is 0 Å². The van der Waals surface area contributed by atoms with Crippen molar-refractivity contribution in [2.24, 2.45) is 0 Å². The van der Waals surface area contributed by atoms with E-state index >= 15 is 0 Å². The first kappa shape index (κ1) is 21.9. The van der Waals surface area contributed by atoms with Crippen LogP contribution in [0, 0.1) is 0 Å². The topological polar surface area (TPSA) is 54.4 Å². The Kier molecular flexibility index (Phi) is 9.29. The van der Waals surface area contributed by atoms with Crippen LogP contribution in [-0.4, -0.2) is 13.0 Å². The van der Waals surface area contributed by atoms with E-state index in [4.69, 9.17) is 0 Å². The number of hydrogen-bond donors (Lipinski definition) is 1. The molecule has 0 aliphatic carbocycles. The molecule has 0 atom stereocenters. The minimum atomic E-state index is -4.19. The molecule has 0 unspecified atom stereocenters. The molecule has 150 valence electrons. The zero-order valence-electron chi connectivity index (χ0n) is 16.6. The van der Waals surface area contributed by atoms with E-state index in [9.17, 15) is 13.0 Å². The third kappa shape index (κ3) is 7.27. The Morgan fingerprint density at radius 2 is 1.22 bits per heavy atom. The van der Waals surface area contributed by atoms with Gasteiger partial charge in [-0.3, -0.25) is 4.55 Å². The largest absolute Gasteiger partial charge is 0.295 e. The first-order chi connectivity index (χ1) is 13.0. The fourth-order valence-corrected chi connectivity index (χ4v) is 4.48. The molecule has 0 aliphatic heterocycles. The van der Waals surface area contributed by atoms with Gasteiger partial charge in [0.25, 0.3) is 10.1 Å². The summed E-state index contributed by atoms with van der Waals surface area (Å²) in [5, 5.41) is 1.54. The highest BCUT2D eigenvalue weighted by molar-refractivity contribution is 7.86. The van der Waals surface area contributed by atoms with Gasteiger partial charge in [0.05, 0.1) is 0 Å². The maximum atomic E-state index is 11.6. The molecule has 4 heteroatoms. The lowest BCUT2D eigenvalue weighted by molar-refractivity contribution is 0.484. The molecule has 0 aromatic heterocycles. The molecule has 27 heavy (non-hydrogen) atoms. The standard InChI is InChI=1S/C23H34O3S/c1-2-3-4-5-6-7-8-9-10-11-12-15-20-16-13-18-22-21(20)17-14-19-23(22)27(24,25)26/h13-14,16-19H,2-12,15H2,1H3,(H,24,25,26). The molecule has 2 aromatic rings. The predicted octanol–water partition coefficient (Wildman–Crippen LogP) is 6.94. The van der Waals surface area contributed by atoms with Crippen molar-refractivity contribution in [3.63, 3.8) is 0 Å². The number of hydrogen-bond acceptors (Lipinski definition) is 2. The van der Waals surface area contributed by atoms with Gasteiger partial charge in [-0.1, -0.05) is 101 Å². The van der Waals surface area contributed by atoms with E-state index in [2.05, 4.69) is 13.0 Å². The lowest BCUT2D eigenvalue weighted by atomic mass is 9.99. The van der Waals surface area contributed by atoms with Crippen molar-refractivity contribution < 1.29 is 13.0 Å². The summed E-state index contributed by atoms with van der Waals surface area (Å²) in [5.41, 5.74) is 1.16. The molecule has 0 heterocycles. The highest BCUT2D eigenvalue weighted by atomic mass is 32.2. The van der Waals surface area contributed by atoms with Gasteiger partial charge in [-0.15, -0.1) is 0 Å². The van der Waals surface area contributed by atoms with Gasteiger partial charge in [0.2, 0.25) is 0 Å². The number of aryl methyl sites for hydroxylation is 1. The SMILES string of the molecule is CCCCCCCCCCCCCc1cccc2c(S(=O)(=O)O)cccc12. The summed E-state index contributed by atoms with van der Waals surface area (Å²) in [7, 11) is -4.19. The summed E-state index contributed by atoms with van der Waals surface area (Å²) in [5.74, 6) is 0. The van der Waals surface area contributed by atoms with Crippen LogP contribution in [-0.2, 0) is 16.5 Å². The second-order valence-electron chi connectivity index (χ2n) is 7.53. The molecule has 2 aromatic carbocycles. The van der Waals surface area contributed by atoms with Crippen LogP contribution in [0.5, 0.6) is 0 Å². The van der Waals surface area contributed by atoms with Crippen LogP contribution in [0.1, 0.15) is 83.1 Å². The molecule has 0 aliphatic rings. The van der Waals surface area contributed by atoms with Gasteiger partial charge in [0, 0.05) is 5.39 Å². The van der Waals surface area contributed by atoms with E-state index in [1.807, 2.05) is 12.1 Å². The molecule has 0 fully saturated rings. The van der Waals surface area contributed by atoms with Crippen LogP contribution in [0.4, 0.5) is 0 Å². The zero-order chi connectivity index (χ0) is 19.5. The van der Waals surface area contributed by atoms with E-state index in [-0.39, 0.29) is 4.90 Å². The van der Waals surface area contributed by atoms with Crippen LogP contribution in [0.15, 0.2) is 41.3 Å². The Morgan fingerprint density at radius 3 is 1.81 bits per heavy atom. The highest BCUT2D eigenvalue weighted by Crippen LogP contribution is 2.26. The third-order valence-corrected chi connectivity index (χ3v) is 6.21. The second-order valence-corrected chi connectivity index (χ2v) is 8.92. The molecule has 1 N–H and O–H groups in total. The summed E-state index contributed by atoms with van der Waals surface area (Å²) in [6, 6.07) is 10.8. The van der Waals surface area contributed by atoms with Crippen LogP contribution in [0.2, 0.25) is 0 Å². The van der Waals surface area contributed by atoms with E-state index in [1.165, 1.54) is 70.3 Å². The van der Waals surface area contributed by atoms with Crippen molar-refractivity contribution >= 4 is 20.9 Å². The van der Waals surface area contributed by atoms with Crippen molar-refractivity contribution in [2.45, 2.75) is 88.9 Å². The lowest BCUT2D eigenvalue weighted by Crippen LogP contribution is -1.99. The van der Waals surface area contributed by atoms with E-state index in [0.29, 0.717) is 5.39 Å². The Balaban J connectivity index is 1.75. The molecule has 0 bridgehead atoms. The van der Waals surface area contributed by atoms with E-state index in [0.717, 1.165) is 23.8 Å². The molecular weight excluding hydrogens is 356 g/mol. The van der Waals surface area contributed by atoms with Crippen LogP contribution in [0.25, 0.3) is 10.8 Å². The minimum absolute atomic E-state index is 0.000728. The van der Waals surface area contributed by atoms with Gasteiger partial charge in [-0.05, 0) is 29.9 Å². The van der Waals surface area contributed by atoms with Crippen molar-refractivity contribution in [1.82, 2.24) is 0 Å². The lowest BCUT2D eigenvalue weighted by Gasteiger charge is -2.09. The molecule has 0 radical (unpaired) electrons. The first-order valence-corrected chi connectivity index (χ1v) is 12.0. The van der Waals surface area contributed by atoms with Gasteiger partial charge in [-0.25, -0.2) is 0 Å². The number of rotatable bonds is 13. The number of unbranched alkanes of at least 4 members (excludes halogenated alkanes) is 10. The molecule has 0 saturated carbocycles. The van der Waals surface area contributed by atoms with Crippen molar-refractivity contribution in [2.75, 3.05) is 0 Å². The van der Waals surface area contributed by atoms with Crippen LogP contribution >= 0.6 is 0 Å². The van der Waals surface area contributed by atoms with Crippen molar-refractivity contribution in [3.05, 3.63) is 42.0 Å². The normalized spacial score (nSPS) is 11.9. The minimum Gasteiger partial charge on any atom is -0.282 e. The molecular formula is C23H34O3S. The van der Waals surface area contributed by atoms with Crippen LogP contribution in [0.3, 0.4) is 0 Å². The van der Waals surface area contributed by atoms with Gasteiger partial charge < -0.3 is 0 Å². The molecule has 2 rings (SSSR count). The monoisotopic (exact) mass is 390 g/mol. The molecule has 0 saturated heterocycles. The predicted molar refractivity (Wildman–Crippen MR) is 114 cm³/mol. The quantitative estimate of drug-likeness (QED) is 0.298. The Hall–Kier alpha value is -1.39. The Bertz CT molecular complexity index is 796. The number of fused-ring (bicyclic) bond motifs is 1. The fraction of sp³-hybridized carbons (Fsp3) is 0.565. The van der Waals surface area contributed by atoms with E-state index in [1.54, 1.807) is 12.1 Å².